The summed E-state index contributed by atoms with van der Waals surface area (Å²) in [6.07, 6.45) is 8.51. The summed E-state index contributed by atoms with van der Waals surface area (Å²) in [7, 11) is 0. The van der Waals surface area contributed by atoms with Crippen molar-refractivity contribution in [3.63, 3.8) is 0 Å². The molecule has 0 unspecified atom stereocenters. The van der Waals surface area contributed by atoms with Crippen molar-refractivity contribution in [2.75, 3.05) is 0 Å². The summed E-state index contributed by atoms with van der Waals surface area (Å²) < 4.78 is 16.0. The highest BCUT2D eigenvalue weighted by Gasteiger charge is 2.17. The average molecular weight is 363 g/mol. The summed E-state index contributed by atoms with van der Waals surface area (Å²) in [6.45, 7) is 4.41. The van der Waals surface area contributed by atoms with Gasteiger partial charge in [0.25, 0.3) is 0 Å². The second-order valence-corrected chi connectivity index (χ2v) is 6.28. The van der Waals surface area contributed by atoms with Gasteiger partial charge in [0, 0.05) is 24.0 Å². The minimum absolute atomic E-state index is 0.218. The van der Waals surface area contributed by atoms with Crippen molar-refractivity contribution in [3.05, 3.63) is 59.7 Å². The number of hydrogen-bond donors (Lipinski definition) is 0. The van der Waals surface area contributed by atoms with E-state index in [0.717, 1.165) is 40.7 Å². The van der Waals surface area contributed by atoms with E-state index in [2.05, 4.69) is 37.3 Å². The Kier molecular flexibility index (Phi) is 4.53. The molecular formula is C19H18FN7. The van der Waals surface area contributed by atoms with Gasteiger partial charge in [-0.05, 0) is 31.0 Å². The first kappa shape index (κ1) is 17.1. The standard InChI is InChI=1S/C19H18FN7/c1-3-5-13-14-10-23-24-12(2)17(14)26-25-16(13)11-27-9-8-22-19(27)18-15(20)6-4-7-21-18/h4,6-10H,3,5,11H2,1-2H3. The second kappa shape index (κ2) is 7.14. The van der Waals surface area contributed by atoms with Gasteiger partial charge in [0.05, 0.1) is 24.1 Å². The molecule has 4 aromatic rings. The van der Waals surface area contributed by atoms with E-state index in [-0.39, 0.29) is 5.69 Å². The minimum Gasteiger partial charge on any atom is -0.324 e. The van der Waals surface area contributed by atoms with Crippen LogP contribution in [0.1, 0.15) is 30.3 Å². The fourth-order valence-electron chi connectivity index (χ4n) is 3.17. The van der Waals surface area contributed by atoms with Gasteiger partial charge in [-0.3, -0.25) is 0 Å². The lowest BCUT2D eigenvalue weighted by atomic mass is 10.0. The monoisotopic (exact) mass is 363 g/mol. The Hall–Kier alpha value is -3.29. The second-order valence-electron chi connectivity index (χ2n) is 6.28. The van der Waals surface area contributed by atoms with Gasteiger partial charge in [0.2, 0.25) is 0 Å². The molecule has 0 radical (unpaired) electrons. The first-order chi connectivity index (χ1) is 13.2. The first-order valence-electron chi connectivity index (χ1n) is 8.77. The van der Waals surface area contributed by atoms with Crippen LogP contribution in [0.25, 0.3) is 22.4 Å². The molecule has 0 aliphatic rings. The van der Waals surface area contributed by atoms with Crippen LogP contribution in [0.5, 0.6) is 0 Å². The minimum atomic E-state index is -0.408. The van der Waals surface area contributed by atoms with Gasteiger partial charge in [0.15, 0.2) is 11.6 Å². The van der Waals surface area contributed by atoms with Crippen molar-refractivity contribution < 1.29 is 4.39 Å². The summed E-state index contributed by atoms with van der Waals surface area (Å²) in [5.41, 5.74) is 3.63. The third kappa shape index (κ3) is 3.14. The summed E-state index contributed by atoms with van der Waals surface area (Å²) >= 11 is 0. The van der Waals surface area contributed by atoms with Crippen molar-refractivity contribution >= 4 is 10.9 Å². The smallest absolute Gasteiger partial charge is 0.162 e. The van der Waals surface area contributed by atoms with Crippen LogP contribution in [0.4, 0.5) is 4.39 Å². The van der Waals surface area contributed by atoms with Crippen LogP contribution < -0.4 is 0 Å². The molecule has 4 heterocycles. The van der Waals surface area contributed by atoms with Crippen LogP contribution in [-0.2, 0) is 13.0 Å². The molecule has 4 rings (SSSR count). The molecule has 0 atom stereocenters. The molecule has 8 heteroatoms. The SMILES string of the molecule is CCCc1c(Cn2ccnc2-c2ncccc2F)nnc2c(C)nncc12. The molecule has 136 valence electrons. The van der Waals surface area contributed by atoms with E-state index in [1.54, 1.807) is 30.9 Å². The maximum absolute atomic E-state index is 14.2. The number of hydrogen-bond acceptors (Lipinski definition) is 6. The molecule has 7 nitrogen and oxygen atoms in total. The Bertz CT molecular complexity index is 1110. The third-order valence-electron chi connectivity index (χ3n) is 4.44. The zero-order valence-corrected chi connectivity index (χ0v) is 15.1. The fraction of sp³-hybridized carbons (Fsp3) is 0.263. The van der Waals surface area contributed by atoms with E-state index in [9.17, 15) is 4.39 Å². The van der Waals surface area contributed by atoms with Gasteiger partial charge in [-0.25, -0.2) is 14.4 Å². The lowest BCUT2D eigenvalue weighted by Gasteiger charge is -2.13. The Morgan fingerprint density at radius 2 is 2.00 bits per heavy atom. The molecule has 0 spiro atoms. The molecule has 0 aliphatic heterocycles. The van der Waals surface area contributed by atoms with Crippen molar-refractivity contribution in [1.82, 2.24) is 34.9 Å². The van der Waals surface area contributed by atoms with Gasteiger partial charge in [-0.1, -0.05) is 13.3 Å². The topological polar surface area (TPSA) is 82.3 Å². The van der Waals surface area contributed by atoms with Crippen LogP contribution in [-0.4, -0.2) is 34.9 Å². The van der Waals surface area contributed by atoms with Crippen LogP contribution in [0.3, 0.4) is 0 Å². The highest BCUT2D eigenvalue weighted by atomic mass is 19.1. The molecule has 0 aliphatic carbocycles. The molecule has 0 saturated heterocycles. The number of imidazole rings is 1. The normalized spacial score (nSPS) is 11.2. The van der Waals surface area contributed by atoms with Gasteiger partial charge >= 0.3 is 0 Å². The predicted octanol–water partition coefficient (Wildman–Crippen LogP) is 3.13. The van der Waals surface area contributed by atoms with Crippen molar-refractivity contribution in [1.29, 1.82) is 0 Å². The molecule has 0 saturated carbocycles. The lowest BCUT2D eigenvalue weighted by molar-refractivity contribution is 0.621. The van der Waals surface area contributed by atoms with Gasteiger partial charge < -0.3 is 4.57 Å². The van der Waals surface area contributed by atoms with E-state index < -0.39 is 5.82 Å². The Morgan fingerprint density at radius 1 is 1.11 bits per heavy atom. The van der Waals surface area contributed by atoms with Gasteiger partial charge in [-0.15, -0.1) is 5.10 Å². The van der Waals surface area contributed by atoms with Crippen LogP contribution >= 0.6 is 0 Å². The number of nitrogens with zero attached hydrogens (tertiary/aromatic N) is 7. The van der Waals surface area contributed by atoms with E-state index in [1.807, 2.05) is 11.5 Å². The maximum Gasteiger partial charge on any atom is 0.162 e. The molecular weight excluding hydrogens is 345 g/mol. The Labute approximate surface area is 155 Å². The fourth-order valence-corrected chi connectivity index (χ4v) is 3.17. The number of halogens is 1. The molecule has 27 heavy (non-hydrogen) atoms. The zero-order chi connectivity index (χ0) is 18.8. The first-order valence-corrected chi connectivity index (χ1v) is 8.77. The number of aromatic nitrogens is 7. The van der Waals surface area contributed by atoms with E-state index in [4.69, 9.17) is 0 Å². The number of pyridine rings is 1. The summed E-state index contributed by atoms with van der Waals surface area (Å²) in [5, 5.41) is 17.9. The molecule has 0 bridgehead atoms. The molecule has 4 aromatic heterocycles. The van der Waals surface area contributed by atoms with E-state index >= 15 is 0 Å². The quantitative estimate of drug-likeness (QED) is 0.542. The van der Waals surface area contributed by atoms with E-state index in [0.29, 0.717) is 12.4 Å². The Morgan fingerprint density at radius 3 is 2.81 bits per heavy atom. The predicted molar refractivity (Wildman–Crippen MR) is 98.4 cm³/mol. The molecule has 0 aromatic carbocycles. The van der Waals surface area contributed by atoms with Crippen molar-refractivity contribution in [3.8, 4) is 11.5 Å². The molecule has 0 amide bonds. The van der Waals surface area contributed by atoms with E-state index in [1.165, 1.54) is 6.07 Å². The van der Waals surface area contributed by atoms with Gasteiger partial charge in [-0.2, -0.15) is 15.3 Å². The summed E-state index contributed by atoms with van der Waals surface area (Å²) in [5.74, 6) is 0.0516. The average Bonchev–Trinajstić information content (AvgIpc) is 3.12. The Balaban J connectivity index is 1.80. The van der Waals surface area contributed by atoms with Crippen molar-refractivity contribution in [2.24, 2.45) is 0 Å². The molecule has 0 N–H and O–H groups in total. The largest absolute Gasteiger partial charge is 0.324 e. The molecule has 0 fully saturated rings. The van der Waals surface area contributed by atoms with Crippen LogP contribution in [0.2, 0.25) is 0 Å². The van der Waals surface area contributed by atoms with Crippen molar-refractivity contribution in [2.45, 2.75) is 33.2 Å². The highest BCUT2D eigenvalue weighted by molar-refractivity contribution is 5.82. The highest BCUT2D eigenvalue weighted by Crippen LogP contribution is 2.24. The summed E-state index contributed by atoms with van der Waals surface area (Å²) in [4.78, 5) is 8.42. The van der Waals surface area contributed by atoms with Crippen LogP contribution in [0, 0.1) is 12.7 Å². The lowest BCUT2D eigenvalue weighted by Crippen LogP contribution is -2.10. The number of fused-ring (bicyclic) bond motifs is 1. The zero-order valence-electron chi connectivity index (χ0n) is 15.1. The summed E-state index contributed by atoms with van der Waals surface area (Å²) in [6, 6.07) is 2.94. The van der Waals surface area contributed by atoms with Gasteiger partial charge in [0.1, 0.15) is 11.2 Å². The number of aryl methyl sites for hydroxylation is 2. The number of rotatable bonds is 5. The van der Waals surface area contributed by atoms with Crippen LogP contribution in [0.15, 0.2) is 36.9 Å². The third-order valence-corrected chi connectivity index (χ3v) is 4.44. The maximum atomic E-state index is 14.2.